The highest BCUT2D eigenvalue weighted by atomic mass is 35.5. The maximum atomic E-state index is 13.7. The van der Waals surface area contributed by atoms with Crippen molar-refractivity contribution in [3.05, 3.63) is 80.8 Å². The van der Waals surface area contributed by atoms with Crippen molar-refractivity contribution >= 4 is 46.7 Å². The fraction of sp³-hybridized carbons (Fsp3) is 0.357. The van der Waals surface area contributed by atoms with Crippen LogP contribution in [0.1, 0.15) is 38.3 Å². The van der Waals surface area contributed by atoms with Crippen LogP contribution < -0.4 is 0 Å². The first-order valence-corrected chi connectivity index (χ1v) is 12.9. The van der Waals surface area contributed by atoms with E-state index in [4.69, 9.17) is 23.2 Å². The van der Waals surface area contributed by atoms with Crippen LogP contribution in [0.15, 0.2) is 48.6 Å². The van der Waals surface area contributed by atoms with Crippen LogP contribution in [0, 0.1) is 49.4 Å². The molecular formula is C28H24Cl2N2O4. The van der Waals surface area contributed by atoms with Crippen molar-refractivity contribution in [2.24, 2.45) is 35.5 Å². The number of hydrogen-bond donors (Lipinski definition) is 0. The number of Topliss-reactive ketones (excluding diaryl/α,β-unsaturated/α-hetero) is 1. The van der Waals surface area contributed by atoms with Crippen LogP contribution in [0.4, 0.5) is 0 Å². The molecule has 2 bridgehead atoms. The highest BCUT2D eigenvalue weighted by Crippen LogP contribution is 2.65. The van der Waals surface area contributed by atoms with Crippen LogP contribution in [0.25, 0.3) is 0 Å². The van der Waals surface area contributed by atoms with Gasteiger partial charge in [-0.2, -0.15) is 5.01 Å². The predicted octanol–water partition coefficient (Wildman–Crippen LogP) is 4.90. The topological polar surface area (TPSA) is 74.8 Å². The Morgan fingerprint density at radius 3 is 2.06 bits per heavy atom. The van der Waals surface area contributed by atoms with Crippen molar-refractivity contribution < 1.29 is 19.2 Å². The number of benzene rings is 2. The lowest BCUT2D eigenvalue weighted by atomic mass is 9.63. The Morgan fingerprint density at radius 1 is 0.861 bits per heavy atom. The first-order valence-electron chi connectivity index (χ1n) is 12.1. The van der Waals surface area contributed by atoms with Crippen LogP contribution in [0.5, 0.6) is 0 Å². The average Bonchev–Trinajstić information content (AvgIpc) is 3.64. The largest absolute Gasteiger partial charge is 0.292 e. The molecule has 6 nitrogen and oxygen atoms in total. The number of ketones is 1. The number of aryl methyl sites for hydroxylation is 2. The zero-order valence-corrected chi connectivity index (χ0v) is 21.3. The molecule has 0 aromatic heterocycles. The maximum absolute atomic E-state index is 13.7. The molecule has 2 aromatic rings. The van der Waals surface area contributed by atoms with Gasteiger partial charge in [-0.3, -0.25) is 19.2 Å². The van der Waals surface area contributed by atoms with Gasteiger partial charge in [-0.1, -0.05) is 47.5 Å². The molecular weight excluding hydrogens is 499 g/mol. The lowest BCUT2D eigenvalue weighted by molar-refractivity contribution is -0.154. The van der Waals surface area contributed by atoms with Gasteiger partial charge in [-0.25, -0.2) is 5.01 Å². The fourth-order valence-corrected chi connectivity index (χ4v) is 6.63. The molecule has 1 heterocycles. The second kappa shape index (κ2) is 8.29. The summed E-state index contributed by atoms with van der Waals surface area (Å²) in [6.07, 6.45) is 5.17. The maximum Gasteiger partial charge on any atom is 0.273 e. The zero-order valence-electron chi connectivity index (χ0n) is 19.8. The third kappa shape index (κ3) is 3.46. The van der Waals surface area contributed by atoms with Crippen LogP contribution >= 0.6 is 23.2 Å². The summed E-state index contributed by atoms with van der Waals surface area (Å²) in [6, 6.07) is 9.62. The number of allylic oxidation sites excluding steroid dienone is 2. The predicted molar refractivity (Wildman–Crippen MR) is 134 cm³/mol. The summed E-state index contributed by atoms with van der Waals surface area (Å²) >= 11 is 12.2. The zero-order chi connectivity index (χ0) is 25.5. The summed E-state index contributed by atoms with van der Waals surface area (Å²) in [5.41, 5.74) is 2.51. The molecule has 3 amide bonds. The van der Waals surface area contributed by atoms with Crippen LogP contribution in [0.3, 0.4) is 0 Å². The van der Waals surface area contributed by atoms with E-state index < -0.39 is 36.1 Å². The quantitative estimate of drug-likeness (QED) is 0.318. The van der Waals surface area contributed by atoms with Gasteiger partial charge in [0.05, 0.1) is 21.9 Å². The smallest absolute Gasteiger partial charge is 0.273 e. The van der Waals surface area contributed by atoms with E-state index in [1.807, 2.05) is 19.9 Å². The number of rotatable bonds is 5. The number of carbonyl (C=O) groups is 4. The number of hydrogen-bond acceptors (Lipinski definition) is 4. The van der Waals surface area contributed by atoms with E-state index in [1.165, 1.54) is 18.2 Å². The van der Waals surface area contributed by atoms with Gasteiger partial charge in [-0.15, -0.1) is 0 Å². The van der Waals surface area contributed by atoms with Gasteiger partial charge in [0.15, 0.2) is 5.78 Å². The number of halogens is 2. The second-order valence-corrected chi connectivity index (χ2v) is 11.2. The molecule has 6 atom stereocenters. The van der Waals surface area contributed by atoms with Gasteiger partial charge in [0.2, 0.25) is 0 Å². The standard InChI is InChI=1S/C28H24Cl2N2O4/c1-13-3-4-15(9-14(13)2)23(33)12-31(26(34)16-5-8-21(29)22(30)10-16)32-27(35)24-17-6-7-18(20-11-19(17)20)25(24)28(32)36/h3-10,17-20,24-25H,11-12H2,1-2H3/t17-,18-,19-,20-,24-,25+/m0/s1. The molecule has 4 aliphatic carbocycles. The van der Waals surface area contributed by atoms with Gasteiger partial charge >= 0.3 is 0 Å². The molecule has 3 fully saturated rings. The van der Waals surface area contributed by atoms with Crippen LogP contribution in [-0.2, 0) is 9.59 Å². The molecule has 184 valence electrons. The Balaban J connectivity index is 1.38. The van der Waals surface area contributed by atoms with Crippen molar-refractivity contribution in [2.75, 3.05) is 6.54 Å². The third-order valence-electron chi connectivity index (χ3n) is 8.40. The van der Waals surface area contributed by atoms with Gasteiger partial charge in [-0.05, 0) is 79.3 Å². The minimum Gasteiger partial charge on any atom is -0.292 e. The minimum absolute atomic E-state index is 0.00354. The number of hydrazine groups is 1. The lowest BCUT2D eigenvalue weighted by Gasteiger charge is -2.37. The molecule has 2 aromatic carbocycles. The third-order valence-corrected chi connectivity index (χ3v) is 9.14. The van der Waals surface area contributed by atoms with Crippen molar-refractivity contribution in [2.45, 2.75) is 20.3 Å². The van der Waals surface area contributed by atoms with E-state index in [0.717, 1.165) is 27.6 Å². The van der Waals surface area contributed by atoms with Crippen LogP contribution in [0.2, 0.25) is 10.0 Å². The summed E-state index contributed by atoms with van der Waals surface area (Å²) in [6.45, 7) is 3.39. The van der Waals surface area contributed by atoms with Crippen molar-refractivity contribution in [3.63, 3.8) is 0 Å². The minimum atomic E-state index is -0.656. The summed E-state index contributed by atoms with van der Waals surface area (Å²) in [5, 5.41) is 2.38. The molecule has 36 heavy (non-hydrogen) atoms. The van der Waals surface area contributed by atoms with Gasteiger partial charge in [0.25, 0.3) is 17.7 Å². The van der Waals surface area contributed by atoms with Crippen molar-refractivity contribution in [3.8, 4) is 0 Å². The molecule has 0 spiro atoms. The van der Waals surface area contributed by atoms with Crippen LogP contribution in [-0.4, -0.2) is 40.1 Å². The SMILES string of the molecule is Cc1ccc(C(=O)CN(C(=O)c2ccc(Cl)c(Cl)c2)N2C(=O)[C@@H]3[C@H]4C=C[C@@H]([C@@H]5C[C@@H]45)[C@@H]3C2=O)cc1C. The Bertz CT molecular complexity index is 1350. The molecule has 1 aliphatic heterocycles. The molecule has 8 heteroatoms. The number of carbonyl (C=O) groups excluding carboxylic acids is 4. The Labute approximate surface area is 218 Å². The molecule has 5 aliphatic rings. The second-order valence-electron chi connectivity index (χ2n) is 10.4. The molecule has 7 rings (SSSR count). The highest BCUT2D eigenvalue weighted by Gasteiger charge is 2.68. The van der Waals surface area contributed by atoms with Gasteiger partial charge < -0.3 is 0 Å². The summed E-state index contributed by atoms with van der Waals surface area (Å²) < 4.78 is 0. The average molecular weight is 523 g/mol. The molecule has 1 saturated heterocycles. The summed E-state index contributed by atoms with van der Waals surface area (Å²) in [4.78, 5) is 54.6. The summed E-state index contributed by atoms with van der Waals surface area (Å²) in [7, 11) is 0. The van der Waals surface area contributed by atoms with E-state index in [-0.39, 0.29) is 33.2 Å². The highest BCUT2D eigenvalue weighted by molar-refractivity contribution is 6.42. The lowest BCUT2D eigenvalue weighted by Crippen LogP contribution is -2.52. The Kier molecular flexibility index (Phi) is 5.39. The van der Waals surface area contributed by atoms with E-state index in [9.17, 15) is 19.2 Å². The first kappa shape index (κ1) is 23.4. The summed E-state index contributed by atoms with van der Waals surface area (Å²) in [5.74, 6) is -1.96. The van der Waals surface area contributed by atoms with Crippen molar-refractivity contribution in [1.82, 2.24) is 10.0 Å². The number of nitrogens with zero attached hydrogens (tertiary/aromatic N) is 2. The number of imide groups is 1. The molecule has 0 radical (unpaired) electrons. The van der Waals surface area contributed by atoms with Crippen molar-refractivity contribution in [1.29, 1.82) is 0 Å². The van der Waals surface area contributed by atoms with E-state index in [0.29, 0.717) is 17.4 Å². The Hall–Kier alpha value is -2.96. The van der Waals surface area contributed by atoms with E-state index in [2.05, 4.69) is 12.2 Å². The molecule has 0 unspecified atom stereocenters. The molecule has 2 saturated carbocycles. The number of amides is 3. The van der Waals surface area contributed by atoms with E-state index in [1.54, 1.807) is 12.1 Å². The van der Waals surface area contributed by atoms with Gasteiger partial charge in [0.1, 0.15) is 6.54 Å². The van der Waals surface area contributed by atoms with Gasteiger partial charge in [0, 0.05) is 11.1 Å². The molecule has 0 N–H and O–H groups in total. The van der Waals surface area contributed by atoms with E-state index >= 15 is 0 Å². The Morgan fingerprint density at radius 2 is 1.47 bits per heavy atom. The first-order chi connectivity index (χ1) is 17.2. The monoisotopic (exact) mass is 522 g/mol. The fourth-order valence-electron chi connectivity index (χ4n) is 6.33. The normalized spacial score (nSPS) is 29.3.